The van der Waals surface area contributed by atoms with Crippen LogP contribution in [0.4, 0.5) is 0 Å². The molecule has 2 heteroatoms. The third-order valence-corrected chi connectivity index (χ3v) is 17.1. The van der Waals surface area contributed by atoms with Crippen molar-refractivity contribution in [2.75, 3.05) is 0 Å². The van der Waals surface area contributed by atoms with Crippen molar-refractivity contribution >= 4 is 109 Å². The highest BCUT2D eigenvalue weighted by Gasteiger charge is 2.39. The van der Waals surface area contributed by atoms with Crippen LogP contribution in [-0.4, -0.2) is 0 Å². The smallest absolute Gasteiger partial charge is 0.136 e. The highest BCUT2D eigenvalue weighted by molar-refractivity contribution is 6.28. The van der Waals surface area contributed by atoms with Crippen LogP contribution < -0.4 is 0 Å². The van der Waals surface area contributed by atoms with Crippen LogP contribution in [0.25, 0.3) is 186 Å². The fraction of sp³-hybridized carbons (Fsp3) is 0.0625. The molecule has 2 aliphatic carbocycles. The minimum Gasteiger partial charge on any atom is -0.456 e. The zero-order chi connectivity index (χ0) is 120. The Kier molecular flexibility index (Phi) is 4.70. The second-order valence-corrected chi connectivity index (χ2v) is 22.3. The number of rotatable bonds is 5. The van der Waals surface area contributed by atoms with Gasteiger partial charge in [-0.05, 0) is 201 Å². The molecule has 460 valence electrons. The van der Waals surface area contributed by atoms with Gasteiger partial charge in [0.2, 0.25) is 0 Å². The van der Waals surface area contributed by atoms with Gasteiger partial charge in [-0.1, -0.05) is 305 Å². The van der Waals surface area contributed by atoms with Crippen LogP contribution in [0, 0.1) is 0 Å². The minimum atomic E-state index is -4.01. The van der Waals surface area contributed by atoms with Crippen LogP contribution in [0.5, 0.6) is 0 Å². The summed E-state index contributed by atoms with van der Waals surface area (Å²) >= 11 is 0. The summed E-state index contributed by atoms with van der Waals surface area (Å²) in [5.74, 6) is 0. The quantitative estimate of drug-likeness (QED) is 0.161. The van der Waals surface area contributed by atoms with Gasteiger partial charge in [0.05, 0.1) is 71.3 Å². The summed E-state index contributed by atoms with van der Waals surface area (Å²) in [6, 6.07) is -55.0. The Morgan fingerprint density at radius 2 is 0.541 bits per heavy atom. The Morgan fingerprint density at radius 3 is 0.969 bits per heavy atom. The van der Waals surface area contributed by atoms with Gasteiger partial charge in [-0.15, -0.1) is 0 Å². The maximum Gasteiger partial charge on any atom is 0.136 e. The summed E-state index contributed by atoms with van der Waals surface area (Å²) in [6.45, 7) is -16.0. The monoisotopic (exact) mass is 1310 g/mol. The fourth-order valence-electron chi connectivity index (χ4n) is 13.1. The maximum atomic E-state index is 9.83. The van der Waals surface area contributed by atoms with Crippen molar-refractivity contribution < 1.29 is 96.6 Å². The van der Waals surface area contributed by atoms with Crippen molar-refractivity contribution in [1.82, 2.24) is 0 Å². The van der Waals surface area contributed by atoms with E-state index in [9.17, 15) is 30.2 Å². The summed E-state index contributed by atoms with van der Waals surface area (Å²) in [7, 11) is 0. The number of fused-ring (bicyclic) bond motifs is 18. The van der Waals surface area contributed by atoms with Gasteiger partial charge >= 0.3 is 0 Å². The predicted molar refractivity (Wildman–Crippen MR) is 415 cm³/mol. The molecule has 2 heterocycles. The van der Waals surface area contributed by atoms with Gasteiger partial charge in [-0.25, -0.2) is 0 Å². The Balaban J connectivity index is 0.000000194. The van der Waals surface area contributed by atoms with Gasteiger partial charge in [0.1, 0.15) is 22.3 Å². The van der Waals surface area contributed by atoms with Crippen LogP contribution in [0.3, 0.4) is 0 Å². The van der Waals surface area contributed by atoms with Gasteiger partial charge in [0, 0.05) is 48.8 Å². The van der Waals surface area contributed by atoms with E-state index in [1.807, 2.05) is 0 Å². The topological polar surface area (TPSA) is 26.3 Å². The average Bonchev–Trinajstić information content (AvgIpc) is 1.49. The van der Waals surface area contributed by atoms with E-state index in [1.165, 1.54) is 0 Å². The van der Waals surface area contributed by atoms with E-state index < -0.39 is 561 Å². The highest BCUT2D eigenvalue weighted by atomic mass is 16.3. The van der Waals surface area contributed by atoms with Crippen LogP contribution in [0.1, 0.15) is 137 Å². The van der Waals surface area contributed by atoms with Crippen LogP contribution in [-0.2, 0) is 10.8 Å². The Morgan fingerprint density at radius 1 is 0.235 bits per heavy atom. The lowest BCUT2D eigenvalue weighted by Crippen LogP contribution is -2.16. The molecule has 98 heavy (non-hydrogen) atoms. The van der Waals surface area contributed by atoms with Gasteiger partial charge in [-0.3, -0.25) is 0 Å². The lowest BCUT2D eigenvalue weighted by atomic mass is 9.76. The van der Waals surface area contributed by atoms with E-state index in [0.717, 1.165) is 0 Å². The molecule has 17 aromatic carbocycles. The summed E-state index contributed by atoms with van der Waals surface area (Å²) in [5, 5.41) is -11.7. The van der Waals surface area contributed by atoms with Gasteiger partial charge in [0.25, 0.3) is 0 Å². The van der Waals surface area contributed by atoms with E-state index >= 15 is 0 Å². The Labute approximate surface area is 657 Å². The number of hydrogen-bond acceptors (Lipinski definition) is 2. The third-order valence-electron chi connectivity index (χ3n) is 17.1. The van der Waals surface area contributed by atoms with Gasteiger partial charge in [-0.2, -0.15) is 0 Å². The van der Waals surface area contributed by atoms with Crippen molar-refractivity contribution in [1.29, 1.82) is 0 Å². The molecular weight excluding hydrogens is 1190 g/mol. The Bertz CT molecular complexity index is 10200. The van der Waals surface area contributed by atoms with Crippen molar-refractivity contribution in [3.63, 3.8) is 0 Å². The van der Waals surface area contributed by atoms with Gasteiger partial charge in [0.15, 0.2) is 0 Å². The number of benzene rings is 17. The van der Waals surface area contributed by atoms with Crippen LogP contribution in [0.2, 0.25) is 0 Å². The molecule has 0 fully saturated rings. The average molecular weight is 1310 g/mol. The van der Waals surface area contributed by atoms with Crippen LogP contribution in [0.15, 0.2) is 323 Å². The molecule has 0 spiro atoms. The first-order chi connectivity index (χ1) is 74.8. The zero-order valence-electron chi connectivity index (χ0n) is 113. The molecule has 0 saturated carbocycles. The molecule has 0 N–H and O–H groups in total. The van der Waals surface area contributed by atoms with Crippen molar-refractivity contribution in [3.05, 3.63) is 336 Å². The number of furan rings is 2. The molecule has 19 aromatic rings. The second kappa shape index (κ2) is 21.2. The van der Waals surface area contributed by atoms with Crippen molar-refractivity contribution in [2.24, 2.45) is 0 Å². The minimum absolute atomic E-state index is 0.525. The highest BCUT2D eigenvalue weighted by Crippen LogP contribution is 2.57. The van der Waals surface area contributed by atoms with E-state index in [-0.39, 0.29) is 0 Å². The largest absolute Gasteiger partial charge is 0.456 e. The molecule has 0 radical (unpaired) electrons. The van der Waals surface area contributed by atoms with Crippen molar-refractivity contribution in [2.45, 2.75) is 38.2 Å². The first kappa shape index (κ1) is 21.7. The molecule has 21 rings (SSSR count). The molecule has 2 nitrogen and oxygen atoms in total. The summed E-state index contributed by atoms with van der Waals surface area (Å²) in [5.41, 5.74) is -28.1. The van der Waals surface area contributed by atoms with Gasteiger partial charge < -0.3 is 8.83 Å². The van der Waals surface area contributed by atoms with E-state index in [0.29, 0.717) is 0 Å². The molecule has 0 bridgehead atoms. The molecule has 0 unspecified atom stereocenters. The molecular formula is C96H64O2. The standard InChI is InChI=1S/C51H34O.C45H30O/c1-51(2)44-23-10-9-15-36(44)41-21-11-20-35(50(41)51)31-25-27-32(28-26-31)47-37-16-5-7-18-39(37)48(40-19-8-6-17-38(40)47)42-22-12-24-45-49(42)43-29-33-13-3-4-14-34(33)30-46(43)52-45;1-45(2)38-23-10-9-15-29(38)34-20-11-22-36(44(34)45)42-32-18-7-5-16-30(32)41(31-17-6-8-19-33(31)42)35-21-12-24-39-43(35)37-25-27-13-3-4-14-28(27)26-40(37)46-39/h3-30H,1-2H3;3-26H,1-2H3/i1D3,2D3,3D,4D,5D,6D,7D,8D,9D,10D,11D,12D,13D,14D,15D,16D,17D,18D,19D,20D,21D,22D,23D,24D,25D,26D,27D,28D,29D,30D;1D3,2D3,3D,4D,5D,6D,7D,8D,9D,10D,11D,12D,13D,14D,15D,16D,17D,18D,19D,20D,21D,22D,23D,24D,25D,26D. The van der Waals surface area contributed by atoms with Crippen molar-refractivity contribution in [3.8, 4) is 77.9 Å². The molecule has 0 aliphatic heterocycles. The van der Waals surface area contributed by atoms with E-state index in [1.54, 1.807) is 0 Å². The lowest BCUT2D eigenvalue weighted by Gasteiger charge is -2.26. The zero-order valence-corrected chi connectivity index (χ0v) is 48.8. The summed E-state index contributed by atoms with van der Waals surface area (Å²) in [6.07, 6.45) is 0. The molecule has 0 atom stereocenters. The molecule has 0 amide bonds. The SMILES string of the molecule is [2H]c1c([2H])c([2H])c2c(c1[2H])-c1c([2H])c([2H])c([2H])c(-c3c([2H])c([2H])c(-c4c5c([2H])c([2H])c([2H])c([2H])c5c(-c5c([2H])c([2H])c([2H])c6oc7c([2H])c8c([2H])c([2H])c([2H])c([2H])c8c([2H])c7c56)c5c([2H])c([2H])c([2H])c([2H])c45)c([2H])c3[2H])c1C2(C([2H])([2H])[2H])C([2H])([2H])[2H].[2H]c1c([2H])c([2H])c2c(c1[2H])-c1c([2H])c([2H])c([2H])c(-c3c4c([2H])c([2H])c([2H])c([2H])c4c(-c4c([2H])c([2H])c([2H])c5oc6c([2H])c7c([2H])c([2H])c([2H])c([2H])c7c([2H])c6c45)c4c([2H])c([2H])c([2H])c([2H])c34)c1C2(C([2H])([2H])[2H])C([2H])([2H])[2H]. The normalized spacial score (nSPS) is 23.2. The second-order valence-electron chi connectivity index (χ2n) is 22.3. The fourth-order valence-corrected chi connectivity index (χ4v) is 13.1. The lowest BCUT2D eigenvalue weighted by molar-refractivity contribution is 0.662. The maximum absolute atomic E-state index is 9.83. The van der Waals surface area contributed by atoms with E-state index in [2.05, 4.69) is 0 Å². The Hall–Kier alpha value is -12.1. The molecule has 0 saturated heterocycles. The third kappa shape index (κ3) is 8.16. The first-order valence-corrected chi connectivity index (χ1v) is 29.1. The van der Waals surface area contributed by atoms with Crippen LogP contribution >= 0.6 is 0 Å². The molecule has 2 aliphatic rings. The summed E-state index contributed by atoms with van der Waals surface area (Å²) < 4.78 is 595. The van der Waals surface area contributed by atoms with E-state index in [4.69, 9.17) is 66.4 Å². The predicted octanol–water partition coefficient (Wildman–Crippen LogP) is 27.0. The summed E-state index contributed by atoms with van der Waals surface area (Å²) in [4.78, 5) is 0. The molecule has 2 aromatic heterocycles. The number of hydrogen-bond donors (Lipinski definition) is 0. The first-order valence-electron chi connectivity index (χ1n) is 61.1.